The van der Waals surface area contributed by atoms with Gasteiger partial charge in [0.2, 0.25) is 0 Å². The summed E-state index contributed by atoms with van der Waals surface area (Å²) in [6.07, 6.45) is 3.11. The molecule has 1 fully saturated rings. The molecule has 10 nitrogen and oxygen atoms in total. The van der Waals surface area contributed by atoms with Crippen LogP contribution in [0.2, 0.25) is 0 Å². The van der Waals surface area contributed by atoms with E-state index in [0.29, 0.717) is 31.5 Å². The van der Waals surface area contributed by atoms with Crippen molar-refractivity contribution in [3.63, 3.8) is 0 Å². The second-order valence-electron chi connectivity index (χ2n) is 9.14. The first-order valence-corrected chi connectivity index (χ1v) is 17.2. The van der Waals surface area contributed by atoms with Crippen LogP contribution in [0.15, 0.2) is 54.7 Å². The average molecular weight is 613 g/mol. The number of nitrogens with zero attached hydrogens (tertiary/aromatic N) is 4. The molecular weight excluding hydrogens is 579 g/mol. The van der Waals surface area contributed by atoms with Crippen LogP contribution in [0, 0.1) is 0 Å². The second kappa shape index (κ2) is 11.9. The molecule has 206 valence electrons. The summed E-state index contributed by atoms with van der Waals surface area (Å²) in [6, 6.07) is 15.8. The van der Waals surface area contributed by atoms with Crippen LogP contribution in [-0.4, -0.2) is 85.3 Å². The topological polar surface area (TPSA) is 113 Å². The predicted octanol–water partition coefficient (Wildman–Crippen LogP) is 2.59. The Kier molecular flexibility index (Phi) is 8.30. The number of aromatic amines is 1. The van der Waals surface area contributed by atoms with Crippen LogP contribution in [0.3, 0.4) is 0 Å². The van der Waals surface area contributed by atoms with E-state index >= 15 is 0 Å². The monoisotopic (exact) mass is 612 g/mol. The Morgan fingerprint density at radius 3 is 2.69 bits per heavy atom. The quantitative estimate of drug-likeness (QED) is 0.263. The molecule has 0 spiro atoms. The maximum absolute atomic E-state index is 12.4. The summed E-state index contributed by atoms with van der Waals surface area (Å²) in [5.74, 6) is 1.18. The van der Waals surface area contributed by atoms with Crippen LogP contribution in [-0.2, 0) is 20.0 Å². The molecule has 3 heterocycles. The number of fused-ring (bicyclic) bond motifs is 1. The number of hydrogen-bond donors (Lipinski definition) is 2. The summed E-state index contributed by atoms with van der Waals surface area (Å²) in [5, 5.41) is 5.05. The molecule has 2 aromatic carbocycles. The number of methoxy groups -OCH3 is 1. The molecule has 0 aliphatic carbocycles. The van der Waals surface area contributed by atoms with Gasteiger partial charge in [-0.1, -0.05) is 0 Å². The molecule has 0 bridgehead atoms. The van der Waals surface area contributed by atoms with Gasteiger partial charge in [0, 0.05) is 0 Å². The summed E-state index contributed by atoms with van der Waals surface area (Å²) in [6.45, 7) is 5.36. The molecule has 1 unspecified atom stereocenters. The fourth-order valence-electron chi connectivity index (χ4n) is 4.72. The zero-order valence-electron chi connectivity index (χ0n) is 22.3. The minimum atomic E-state index is -3.37. The predicted molar refractivity (Wildman–Crippen MR) is 158 cm³/mol. The molecule has 39 heavy (non-hydrogen) atoms. The Labute approximate surface area is 235 Å². The molecule has 1 aliphatic heterocycles. The van der Waals surface area contributed by atoms with Crippen LogP contribution in [0.25, 0.3) is 11.0 Å². The van der Waals surface area contributed by atoms with Crippen molar-refractivity contribution in [1.82, 2.24) is 15.0 Å². The van der Waals surface area contributed by atoms with E-state index in [0.717, 1.165) is 56.4 Å². The molecule has 0 amide bonds. The first-order chi connectivity index (χ1) is 18.9. The number of para-hydroxylation sites is 1. The fraction of sp³-hybridized carbons (Fsp3) is 0.333. The van der Waals surface area contributed by atoms with E-state index in [1.165, 1.54) is 10.6 Å². The van der Waals surface area contributed by atoms with Crippen molar-refractivity contribution in [1.29, 1.82) is 0 Å². The molecule has 1 aliphatic rings. The number of benzene rings is 2. The van der Waals surface area contributed by atoms with Gasteiger partial charge in [0.1, 0.15) is 0 Å². The van der Waals surface area contributed by atoms with Crippen LogP contribution >= 0.6 is 0 Å². The number of sulfonamides is 1. The van der Waals surface area contributed by atoms with E-state index in [-0.39, 0.29) is 0 Å². The van der Waals surface area contributed by atoms with E-state index in [4.69, 9.17) is 19.4 Å². The van der Waals surface area contributed by atoms with E-state index in [9.17, 15) is 8.42 Å². The van der Waals surface area contributed by atoms with Gasteiger partial charge in [-0.05, 0) is 0 Å². The van der Waals surface area contributed by atoms with Crippen LogP contribution in [0.4, 0.5) is 23.0 Å². The minimum absolute atomic E-state index is 0.387. The summed E-state index contributed by atoms with van der Waals surface area (Å²) >= 11 is -0.756. The third-order valence-electron chi connectivity index (χ3n) is 6.61. The van der Waals surface area contributed by atoms with Gasteiger partial charge in [0.25, 0.3) is 0 Å². The first kappa shape index (κ1) is 27.3. The summed E-state index contributed by atoms with van der Waals surface area (Å²) in [5.41, 5.74) is 4.29. The van der Waals surface area contributed by atoms with Gasteiger partial charge >= 0.3 is 231 Å². The van der Waals surface area contributed by atoms with Crippen molar-refractivity contribution in [3.05, 3.63) is 60.4 Å². The molecule has 0 saturated carbocycles. The Hall–Kier alpha value is -3.27. The van der Waals surface area contributed by atoms with Gasteiger partial charge in [-0.25, -0.2) is 0 Å². The molecule has 1 atom stereocenters. The van der Waals surface area contributed by atoms with Gasteiger partial charge in [0.05, 0.1) is 0 Å². The van der Waals surface area contributed by atoms with Gasteiger partial charge in [-0.15, -0.1) is 0 Å². The molecule has 2 N–H and O–H groups in total. The Bertz CT molecular complexity index is 1560. The summed E-state index contributed by atoms with van der Waals surface area (Å²) in [4.78, 5) is 15.1. The Morgan fingerprint density at radius 1 is 1.15 bits per heavy atom. The van der Waals surface area contributed by atoms with E-state index in [1.807, 2.05) is 55.6 Å². The van der Waals surface area contributed by atoms with Crippen LogP contribution in [0.1, 0.15) is 12.6 Å². The molecule has 2 aromatic heterocycles. The van der Waals surface area contributed by atoms with E-state index < -0.39 is 25.8 Å². The third-order valence-corrected chi connectivity index (χ3v) is 10.6. The maximum atomic E-state index is 12.4. The second-order valence-corrected chi connectivity index (χ2v) is 13.7. The van der Waals surface area contributed by atoms with Crippen molar-refractivity contribution < 1.29 is 17.9 Å². The van der Waals surface area contributed by atoms with Crippen LogP contribution in [0.5, 0.6) is 5.75 Å². The van der Waals surface area contributed by atoms with Gasteiger partial charge in [-0.3, -0.25) is 0 Å². The van der Waals surface area contributed by atoms with E-state index in [1.54, 1.807) is 7.11 Å². The number of anilines is 4. The number of morpholine rings is 1. The first-order valence-electron chi connectivity index (χ1n) is 12.8. The normalized spacial score (nSPS) is 14.3. The standard InChI is InChI=1S/C27H33AsN6O4S/c1-4-34(39(3,35)36)24-8-6-5-7-21(24)28-18-23-20-11-12-29-26(20)32-27(31-23)30-22-10-9-19(17-25(22)37-2)33-13-15-38-16-14-33/h5-12,17,28H,4,13-16,18H2,1-3H3,(H2,29,30,31,32). The number of nitrogens with one attached hydrogen (secondary N) is 2. The summed E-state index contributed by atoms with van der Waals surface area (Å²) < 4.78 is 38.5. The molecule has 1 saturated heterocycles. The number of H-pyrrole nitrogens is 1. The van der Waals surface area contributed by atoms with Crippen molar-refractivity contribution in [2.75, 3.05) is 60.7 Å². The molecule has 4 aromatic rings. The Balaban J connectivity index is 1.41. The van der Waals surface area contributed by atoms with Gasteiger partial charge in [0.15, 0.2) is 0 Å². The van der Waals surface area contributed by atoms with Crippen molar-refractivity contribution in [2.45, 2.75) is 12.1 Å². The molecule has 5 rings (SSSR count). The number of hydrogen-bond acceptors (Lipinski definition) is 8. The van der Waals surface area contributed by atoms with Crippen molar-refractivity contribution >= 4 is 64.2 Å². The average Bonchev–Trinajstić information content (AvgIpc) is 3.41. The SMILES string of the molecule is CCN(c1ccccc1[AsH]Cc1nc(Nc2ccc(N3CCOCC3)cc2OC)nc2[nH]ccc12)S(C)(=O)=O. The zero-order valence-corrected chi connectivity index (χ0v) is 25.2. The molecule has 0 radical (unpaired) electrons. The number of aromatic nitrogens is 3. The Morgan fingerprint density at radius 2 is 1.95 bits per heavy atom. The molecular formula is C27H33AsN6O4S. The van der Waals surface area contributed by atoms with E-state index in [2.05, 4.69) is 21.3 Å². The van der Waals surface area contributed by atoms with Crippen molar-refractivity contribution in [3.8, 4) is 5.75 Å². The fourth-order valence-corrected chi connectivity index (χ4v) is 8.48. The third kappa shape index (κ3) is 6.16. The summed E-state index contributed by atoms with van der Waals surface area (Å²) in [7, 11) is -1.71. The van der Waals surface area contributed by atoms with Crippen LogP contribution < -0.4 is 23.6 Å². The molecule has 12 heteroatoms. The number of rotatable bonds is 10. The van der Waals surface area contributed by atoms with Crippen molar-refractivity contribution in [2.24, 2.45) is 0 Å². The number of ether oxygens (including phenoxy) is 2. The van der Waals surface area contributed by atoms with Gasteiger partial charge < -0.3 is 4.74 Å². The zero-order chi connectivity index (χ0) is 27.4. The van der Waals surface area contributed by atoms with Gasteiger partial charge in [-0.2, -0.15) is 0 Å².